The SMILES string of the molecule is COC(CCNC(=O)c1ncccc1C(=O)O)OC. The first-order valence-corrected chi connectivity index (χ1v) is 5.62. The van der Waals surface area contributed by atoms with Crippen LogP contribution in [0.3, 0.4) is 0 Å². The van der Waals surface area contributed by atoms with Crippen LogP contribution in [-0.2, 0) is 9.47 Å². The number of aromatic nitrogens is 1. The summed E-state index contributed by atoms with van der Waals surface area (Å²) in [4.78, 5) is 26.5. The lowest BCUT2D eigenvalue weighted by molar-refractivity contribution is -0.105. The molecule has 0 saturated carbocycles. The zero-order valence-corrected chi connectivity index (χ0v) is 10.8. The standard InChI is InChI=1S/C12H16N2O5/c1-18-9(19-2)5-7-14-11(15)10-8(12(16)17)4-3-6-13-10/h3-4,6,9H,5,7H2,1-2H3,(H,14,15)(H,16,17). The van der Waals surface area contributed by atoms with Crippen LogP contribution in [0.15, 0.2) is 18.3 Å². The Bertz CT molecular complexity index is 446. The van der Waals surface area contributed by atoms with Gasteiger partial charge in [-0.2, -0.15) is 0 Å². The Morgan fingerprint density at radius 1 is 1.42 bits per heavy atom. The third-order valence-electron chi connectivity index (χ3n) is 2.44. The average Bonchev–Trinajstić information content (AvgIpc) is 2.43. The van der Waals surface area contributed by atoms with Gasteiger partial charge in [-0.1, -0.05) is 0 Å². The van der Waals surface area contributed by atoms with Crippen molar-refractivity contribution < 1.29 is 24.2 Å². The van der Waals surface area contributed by atoms with Gasteiger partial charge in [0.05, 0.1) is 5.56 Å². The van der Waals surface area contributed by atoms with E-state index >= 15 is 0 Å². The first-order chi connectivity index (χ1) is 9.10. The quantitative estimate of drug-likeness (QED) is 0.699. The maximum absolute atomic E-state index is 11.8. The molecule has 0 atom stereocenters. The number of nitrogens with one attached hydrogen (secondary N) is 1. The Balaban J connectivity index is 2.61. The van der Waals surface area contributed by atoms with E-state index in [0.29, 0.717) is 13.0 Å². The Morgan fingerprint density at radius 2 is 2.11 bits per heavy atom. The number of nitrogens with zero attached hydrogens (tertiary/aromatic N) is 1. The number of pyridine rings is 1. The van der Waals surface area contributed by atoms with Gasteiger partial charge in [0.2, 0.25) is 0 Å². The lowest BCUT2D eigenvalue weighted by Gasteiger charge is -2.13. The molecule has 1 heterocycles. The molecule has 1 aromatic rings. The first-order valence-electron chi connectivity index (χ1n) is 5.62. The minimum Gasteiger partial charge on any atom is -0.478 e. The number of carbonyl (C=O) groups is 2. The topological polar surface area (TPSA) is 97.8 Å². The Kier molecular flexibility index (Phi) is 5.91. The van der Waals surface area contributed by atoms with E-state index in [4.69, 9.17) is 14.6 Å². The maximum atomic E-state index is 11.8. The Hall–Kier alpha value is -1.99. The van der Waals surface area contributed by atoms with E-state index in [2.05, 4.69) is 10.3 Å². The first kappa shape index (κ1) is 15.1. The molecule has 0 bridgehead atoms. The van der Waals surface area contributed by atoms with Crippen molar-refractivity contribution in [3.8, 4) is 0 Å². The largest absolute Gasteiger partial charge is 0.478 e. The molecule has 104 valence electrons. The summed E-state index contributed by atoms with van der Waals surface area (Å²) in [5.74, 6) is -1.73. The van der Waals surface area contributed by atoms with Gasteiger partial charge in [-0.05, 0) is 12.1 Å². The van der Waals surface area contributed by atoms with Gasteiger partial charge in [0, 0.05) is 33.4 Å². The molecule has 0 aliphatic carbocycles. The highest BCUT2D eigenvalue weighted by Gasteiger charge is 2.17. The van der Waals surface area contributed by atoms with E-state index in [1.165, 1.54) is 32.5 Å². The van der Waals surface area contributed by atoms with Crippen LogP contribution in [0.1, 0.15) is 27.3 Å². The number of hydrogen-bond donors (Lipinski definition) is 2. The van der Waals surface area contributed by atoms with Crippen LogP contribution in [0.25, 0.3) is 0 Å². The van der Waals surface area contributed by atoms with Crippen molar-refractivity contribution >= 4 is 11.9 Å². The second kappa shape index (κ2) is 7.45. The predicted molar refractivity (Wildman–Crippen MR) is 66.0 cm³/mol. The third-order valence-corrected chi connectivity index (χ3v) is 2.44. The summed E-state index contributed by atoms with van der Waals surface area (Å²) in [5, 5.41) is 11.5. The minimum atomic E-state index is -1.19. The van der Waals surface area contributed by atoms with Crippen molar-refractivity contribution in [3.63, 3.8) is 0 Å². The fourth-order valence-corrected chi connectivity index (χ4v) is 1.48. The molecule has 1 rings (SSSR count). The minimum absolute atomic E-state index is 0.110. The van der Waals surface area contributed by atoms with Gasteiger partial charge >= 0.3 is 5.97 Å². The second-order valence-corrected chi connectivity index (χ2v) is 3.65. The van der Waals surface area contributed by atoms with E-state index in [0.717, 1.165) is 0 Å². The smallest absolute Gasteiger partial charge is 0.338 e. The molecule has 0 aromatic carbocycles. The summed E-state index contributed by atoms with van der Waals surface area (Å²) < 4.78 is 9.93. The molecule has 0 aliphatic rings. The summed E-state index contributed by atoms with van der Waals surface area (Å²) in [6.45, 7) is 0.292. The zero-order chi connectivity index (χ0) is 14.3. The summed E-state index contributed by atoms with van der Waals surface area (Å²) in [6, 6.07) is 2.80. The van der Waals surface area contributed by atoms with E-state index < -0.39 is 18.2 Å². The fourth-order valence-electron chi connectivity index (χ4n) is 1.48. The van der Waals surface area contributed by atoms with E-state index in [9.17, 15) is 9.59 Å². The second-order valence-electron chi connectivity index (χ2n) is 3.65. The van der Waals surface area contributed by atoms with Gasteiger partial charge in [-0.25, -0.2) is 4.79 Å². The van der Waals surface area contributed by atoms with Gasteiger partial charge in [0.1, 0.15) is 5.69 Å². The van der Waals surface area contributed by atoms with Crippen molar-refractivity contribution in [1.82, 2.24) is 10.3 Å². The summed E-state index contributed by atoms with van der Waals surface area (Å²) >= 11 is 0. The van der Waals surface area contributed by atoms with Gasteiger partial charge < -0.3 is 19.9 Å². The molecule has 0 fully saturated rings. The predicted octanol–water partition coefficient (Wildman–Crippen LogP) is 0.519. The van der Waals surface area contributed by atoms with Crippen LogP contribution >= 0.6 is 0 Å². The van der Waals surface area contributed by atoms with Crippen LogP contribution in [0.4, 0.5) is 0 Å². The van der Waals surface area contributed by atoms with Crippen molar-refractivity contribution in [2.45, 2.75) is 12.7 Å². The van der Waals surface area contributed by atoms with E-state index in [1.54, 1.807) is 0 Å². The van der Waals surface area contributed by atoms with Crippen LogP contribution in [-0.4, -0.2) is 49.0 Å². The lowest BCUT2D eigenvalue weighted by atomic mass is 10.2. The molecule has 7 nitrogen and oxygen atoms in total. The summed E-state index contributed by atoms with van der Waals surface area (Å²) in [6.07, 6.45) is 1.41. The van der Waals surface area contributed by atoms with Crippen LogP contribution < -0.4 is 5.32 Å². The molecule has 0 aliphatic heterocycles. The van der Waals surface area contributed by atoms with Crippen molar-refractivity contribution in [2.75, 3.05) is 20.8 Å². The number of methoxy groups -OCH3 is 2. The van der Waals surface area contributed by atoms with Crippen molar-refractivity contribution in [1.29, 1.82) is 0 Å². The number of hydrogen-bond acceptors (Lipinski definition) is 5. The Morgan fingerprint density at radius 3 is 2.68 bits per heavy atom. The monoisotopic (exact) mass is 268 g/mol. The molecule has 0 unspecified atom stereocenters. The number of aromatic carboxylic acids is 1. The number of amides is 1. The van der Waals surface area contributed by atoms with E-state index in [1.807, 2.05) is 0 Å². The number of ether oxygens (including phenoxy) is 2. The summed E-state index contributed by atoms with van der Waals surface area (Å²) in [5.41, 5.74) is -0.239. The van der Waals surface area contributed by atoms with Crippen LogP contribution in [0, 0.1) is 0 Å². The van der Waals surface area contributed by atoms with Crippen molar-refractivity contribution in [2.24, 2.45) is 0 Å². The highest BCUT2D eigenvalue weighted by atomic mass is 16.7. The molecule has 2 N–H and O–H groups in total. The van der Waals surface area contributed by atoms with Gasteiger partial charge in [-0.3, -0.25) is 9.78 Å². The third kappa shape index (κ3) is 4.31. The van der Waals surface area contributed by atoms with Crippen LogP contribution in [0.2, 0.25) is 0 Å². The van der Waals surface area contributed by atoms with Crippen molar-refractivity contribution in [3.05, 3.63) is 29.6 Å². The molecule has 1 aromatic heterocycles. The molecule has 19 heavy (non-hydrogen) atoms. The molecule has 0 spiro atoms. The Labute approximate surface area is 110 Å². The molecule has 1 amide bonds. The average molecular weight is 268 g/mol. The van der Waals surface area contributed by atoms with E-state index in [-0.39, 0.29) is 11.3 Å². The summed E-state index contributed by atoms with van der Waals surface area (Å²) in [7, 11) is 2.99. The number of carboxylic acid groups (broad SMARTS) is 1. The van der Waals surface area contributed by atoms with Gasteiger partial charge in [0.15, 0.2) is 6.29 Å². The van der Waals surface area contributed by atoms with Gasteiger partial charge in [-0.15, -0.1) is 0 Å². The highest BCUT2D eigenvalue weighted by molar-refractivity contribution is 6.03. The highest BCUT2D eigenvalue weighted by Crippen LogP contribution is 2.05. The number of carboxylic acids is 1. The molecule has 0 radical (unpaired) electrons. The van der Waals surface area contributed by atoms with Crippen LogP contribution in [0.5, 0.6) is 0 Å². The maximum Gasteiger partial charge on any atom is 0.338 e. The normalized spacial score (nSPS) is 10.5. The van der Waals surface area contributed by atoms with Gasteiger partial charge in [0.25, 0.3) is 5.91 Å². The number of carbonyl (C=O) groups excluding carboxylic acids is 1. The number of rotatable bonds is 7. The fraction of sp³-hybridized carbons (Fsp3) is 0.417. The molecule has 0 saturated heterocycles. The molecule has 7 heteroatoms. The lowest BCUT2D eigenvalue weighted by Crippen LogP contribution is -2.30. The molecular formula is C12H16N2O5. The molecular weight excluding hydrogens is 252 g/mol. The zero-order valence-electron chi connectivity index (χ0n) is 10.8.